The van der Waals surface area contributed by atoms with Crippen molar-refractivity contribution in [2.45, 2.75) is 31.2 Å². The zero-order valence-corrected chi connectivity index (χ0v) is 21.9. The quantitative estimate of drug-likeness (QED) is 0.388. The van der Waals surface area contributed by atoms with E-state index in [1.165, 1.54) is 18.3 Å². The summed E-state index contributed by atoms with van der Waals surface area (Å²) in [5.41, 5.74) is 3.11. The predicted octanol–water partition coefficient (Wildman–Crippen LogP) is 4.72. The molecule has 0 radical (unpaired) electrons. The number of carbonyl (C=O) groups is 2. The van der Waals surface area contributed by atoms with E-state index in [0.717, 1.165) is 42.0 Å². The summed E-state index contributed by atoms with van der Waals surface area (Å²) in [5.74, 6) is -0.421. The highest BCUT2D eigenvalue weighted by molar-refractivity contribution is 7.92. The molecule has 12 heteroatoms. The Bertz CT molecular complexity index is 1530. The third kappa shape index (κ3) is 5.73. The number of benzene rings is 2. The van der Waals surface area contributed by atoms with Gasteiger partial charge in [0.05, 0.1) is 11.9 Å². The molecule has 2 aliphatic rings. The summed E-state index contributed by atoms with van der Waals surface area (Å²) in [7, 11) is -3.52. The fourth-order valence-electron chi connectivity index (χ4n) is 4.54. The molecule has 0 spiro atoms. The van der Waals surface area contributed by atoms with Crippen LogP contribution in [0.4, 0.5) is 26.4 Å². The van der Waals surface area contributed by atoms with Gasteiger partial charge in [-0.2, -0.15) is 0 Å². The Morgan fingerprint density at radius 1 is 1.13 bits per heavy atom. The molecule has 5 rings (SSSR count). The van der Waals surface area contributed by atoms with Crippen molar-refractivity contribution in [3.63, 3.8) is 0 Å². The Kier molecular flexibility index (Phi) is 6.97. The largest absolute Gasteiger partial charge is 0.326 e. The minimum atomic E-state index is -3.52. The second kappa shape index (κ2) is 10.2. The van der Waals surface area contributed by atoms with Gasteiger partial charge >= 0.3 is 6.03 Å². The summed E-state index contributed by atoms with van der Waals surface area (Å²) in [5, 5.41) is 5.26. The molecular weight excluding hydrogens is 533 g/mol. The Morgan fingerprint density at radius 3 is 2.63 bits per heavy atom. The maximum Gasteiger partial charge on any atom is 0.319 e. The van der Waals surface area contributed by atoms with Gasteiger partial charge in [0.1, 0.15) is 17.7 Å². The van der Waals surface area contributed by atoms with Crippen molar-refractivity contribution in [2.75, 3.05) is 27.7 Å². The van der Waals surface area contributed by atoms with Crippen LogP contribution < -0.4 is 20.3 Å². The minimum absolute atomic E-state index is 0.0408. The highest BCUT2D eigenvalue weighted by Gasteiger charge is 2.37. The zero-order chi connectivity index (χ0) is 27.0. The van der Waals surface area contributed by atoms with Gasteiger partial charge in [0.2, 0.25) is 15.9 Å². The van der Waals surface area contributed by atoms with Crippen LogP contribution in [0.3, 0.4) is 0 Å². The average molecular weight is 558 g/mol. The number of nitrogens with zero attached hydrogens (tertiary/aromatic N) is 2. The molecule has 0 unspecified atom stereocenters. The van der Waals surface area contributed by atoms with Gasteiger partial charge in [0.25, 0.3) is 0 Å². The molecule has 9 nitrogen and oxygen atoms in total. The van der Waals surface area contributed by atoms with Crippen LogP contribution in [-0.4, -0.2) is 44.2 Å². The number of hydrogen-bond donors (Lipinski definition) is 3. The van der Waals surface area contributed by atoms with Crippen LogP contribution in [0.2, 0.25) is 5.02 Å². The summed E-state index contributed by atoms with van der Waals surface area (Å²) in [6, 6.07) is 11.6. The highest BCUT2D eigenvalue weighted by Crippen LogP contribution is 2.46. The number of amides is 3. The van der Waals surface area contributed by atoms with Gasteiger partial charge in [-0.05, 0) is 78.8 Å². The van der Waals surface area contributed by atoms with Crippen molar-refractivity contribution in [3.8, 4) is 11.1 Å². The Hall–Kier alpha value is -3.70. The number of hydrogen-bond acceptors (Lipinski definition) is 5. The second-order valence-corrected chi connectivity index (χ2v) is 11.6. The molecule has 198 valence electrons. The molecule has 2 heterocycles. The van der Waals surface area contributed by atoms with Crippen molar-refractivity contribution in [3.05, 3.63) is 71.1 Å². The van der Waals surface area contributed by atoms with E-state index in [2.05, 4.69) is 20.3 Å². The van der Waals surface area contributed by atoms with Crippen LogP contribution in [0.25, 0.3) is 11.1 Å². The van der Waals surface area contributed by atoms with Gasteiger partial charge in [-0.15, -0.1) is 0 Å². The van der Waals surface area contributed by atoms with Gasteiger partial charge in [-0.25, -0.2) is 22.6 Å². The van der Waals surface area contributed by atoms with Crippen molar-refractivity contribution in [1.82, 2.24) is 10.3 Å². The molecule has 1 aromatic heterocycles. The van der Waals surface area contributed by atoms with E-state index in [9.17, 15) is 22.4 Å². The van der Waals surface area contributed by atoms with Gasteiger partial charge < -0.3 is 15.5 Å². The smallest absolute Gasteiger partial charge is 0.319 e. The van der Waals surface area contributed by atoms with Gasteiger partial charge in [0, 0.05) is 29.0 Å². The Labute approximate surface area is 224 Å². The number of urea groups is 1. The molecule has 1 aliphatic carbocycles. The van der Waals surface area contributed by atoms with E-state index >= 15 is 0 Å². The van der Waals surface area contributed by atoms with Crippen LogP contribution in [0.1, 0.15) is 30.7 Å². The number of anilines is 3. The van der Waals surface area contributed by atoms with Crippen molar-refractivity contribution >= 4 is 50.8 Å². The fraction of sp³-hybridized carbons (Fsp3) is 0.269. The molecule has 1 aliphatic heterocycles. The average Bonchev–Trinajstić information content (AvgIpc) is 3.64. The first kappa shape index (κ1) is 25.9. The first-order valence-electron chi connectivity index (χ1n) is 12.0. The standard InChI is InChI=1S/C26H25ClFN5O4S/c1-38(36,37)32-24-18(3-2-11-29-24)16-6-9-23(19(13-16)15-4-5-15)33-12-10-22(25(33)34)31-26(35)30-21-8-7-17(27)14-20(21)28/h2-3,6-9,11,13-15,22H,4-5,10,12H2,1H3,(H,29,32)(H2,30,31,35)/t22-/m1/s1. The summed E-state index contributed by atoms with van der Waals surface area (Å²) in [6.07, 6.45) is 4.94. The third-order valence-electron chi connectivity index (χ3n) is 6.43. The lowest BCUT2D eigenvalue weighted by Crippen LogP contribution is -2.43. The molecule has 2 fully saturated rings. The summed E-state index contributed by atoms with van der Waals surface area (Å²) in [6.45, 7) is 0.409. The van der Waals surface area contributed by atoms with Crippen molar-refractivity contribution < 1.29 is 22.4 Å². The van der Waals surface area contributed by atoms with E-state index in [4.69, 9.17) is 11.6 Å². The maximum absolute atomic E-state index is 14.0. The number of pyridine rings is 1. The Balaban J connectivity index is 1.35. The monoisotopic (exact) mass is 557 g/mol. The van der Waals surface area contributed by atoms with Crippen LogP contribution in [0.5, 0.6) is 0 Å². The zero-order valence-electron chi connectivity index (χ0n) is 20.4. The summed E-state index contributed by atoms with van der Waals surface area (Å²) < 4.78 is 40.1. The lowest BCUT2D eigenvalue weighted by Gasteiger charge is -2.22. The normalized spacial score (nSPS) is 17.4. The molecule has 2 aromatic carbocycles. The minimum Gasteiger partial charge on any atom is -0.326 e. The van der Waals surface area contributed by atoms with Gasteiger partial charge in [-0.1, -0.05) is 17.7 Å². The second-order valence-electron chi connectivity index (χ2n) is 9.38. The number of carbonyl (C=O) groups excluding carboxylic acids is 2. The lowest BCUT2D eigenvalue weighted by molar-refractivity contribution is -0.118. The van der Waals surface area contributed by atoms with Crippen LogP contribution in [0.15, 0.2) is 54.7 Å². The van der Waals surface area contributed by atoms with Crippen LogP contribution in [-0.2, 0) is 14.8 Å². The first-order valence-corrected chi connectivity index (χ1v) is 14.3. The predicted molar refractivity (Wildman–Crippen MR) is 144 cm³/mol. The lowest BCUT2D eigenvalue weighted by atomic mass is 9.99. The molecule has 0 bridgehead atoms. The van der Waals surface area contributed by atoms with E-state index in [-0.39, 0.29) is 28.4 Å². The highest BCUT2D eigenvalue weighted by atomic mass is 35.5. The molecule has 1 saturated heterocycles. The van der Waals surface area contributed by atoms with E-state index < -0.39 is 27.9 Å². The fourth-order valence-corrected chi connectivity index (χ4v) is 5.22. The molecule has 38 heavy (non-hydrogen) atoms. The van der Waals surface area contributed by atoms with E-state index in [0.29, 0.717) is 18.5 Å². The molecule has 3 amide bonds. The Morgan fingerprint density at radius 2 is 1.92 bits per heavy atom. The maximum atomic E-state index is 14.0. The first-order chi connectivity index (χ1) is 18.1. The molecule has 3 aromatic rings. The SMILES string of the molecule is CS(=O)(=O)Nc1ncccc1-c1ccc(N2CC[C@@H](NC(=O)Nc3ccc(Cl)cc3F)C2=O)c(C2CC2)c1. The van der Waals surface area contributed by atoms with E-state index in [1.54, 1.807) is 17.0 Å². The number of nitrogens with one attached hydrogen (secondary N) is 3. The number of sulfonamides is 1. The molecule has 3 N–H and O–H groups in total. The van der Waals surface area contributed by atoms with Gasteiger partial charge in [-0.3, -0.25) is 9.52 Å². The number of rotatable bonds is 7. The van der Waals surface area contributed by atoms with Crippen molar-refractivity contribution in [1.29, 1.82) is 0 Å². The van der Waals surface area contributed by atoms with Gasteiger partial charge in [0.15, 0.2) is 0 Å². The third-order valence-corrected chi connectivity index (χ3v) is 7.23. The van der Waals surface area contributed by atoms with Crippen LogP contribution >= 0.6 is 11.6 Å². The van der Waals surface area contributed by atoms with Crippen LogP contribution in [0, 0.1) is 5.82 Å². The summed E-state index contributed by atoms with van der Waals surface area (Å²) >= 11 is 5.75. The van der Waals surface area contributed by atoms with E-state index in [1.807, 2.05) is 18.2 Å². The number of halogens is 2. The molecule has 1 saturated carbocycles. The molecular formula is C26H25ClFN5O4S. The number of aromatic nitrogens is 1. The molecule has 1 atom stereocenters. The van der Waals surface area contributed by atoms with Crippen molar-refractivity contribution in [2.24, 2.45) is 0 Å². The summed E-state index contributed by atoms with van der Waals surface area (Å²) in [4.78, 5) is 31.6. The topological polar surface area (TPSA) is 120 Å².